The van der Waals surface area contributed by atoms with Crippen LogP contribution in [0.3, 0.4) is 0 Å². The van der Waals surface area contributed by atoms with Crippen molar-refractivity contribution in [2.24, 2.45) is 0 Å². The number of hydrogen-bond donors (Lipinski definition) is 3. The third kappa shape index (κ3) is 6.19. The van der Waals surface area contributed by atoms with Gasteiger partial charge in [-0.1, -0.05) is 12.1 Å². The van der Waals surface area contributed by atoms with E-state index in [4.69, 9.17) is 5.11 Å². The lowest BCUT2D eigenvalue weighted by molar-refractivity contribution is -0.111. The molecule has 0 aliphatic rings. The lowest BCUT2D eigenvalue weighted by Crippen LogP contribution is -2.24. The zero-order chi connectivity index (χ0) is 18.1. The third-order valence-electron chi connectivity index (χ3n) is 3.31. The van der Waals surface area contributed by atoms with Crippen molar-refractivity contribution in [1.82, 2.24) is 5.32 Å². The summed E-state index contributed by atoms with van der Waals surface area (Å²) in [6.45, 7) is 0.424. The van der Waals surface area contributed by atoms with Gasteiger partial charge in [0, 0.05) is 30.5 Å². The smallest absolute Gasteiger partial charge is 0.251 e. The molecule has 2 aromatic rings. The Hall–Kier alpha value is -2.99. The van der Waals surface area contributed by atoms with Crippen LogP contribution < -0.4 is 10.6 Å². The molecule has 0 saturated heterocycles. The average Bonchev–Trinajstić information content (AvgIpc) is 2.61. The fourth-order valence-corrected chi connectivity index (χ4v) is 2.05. The first kappa shape index (κ1) is 18.4. The Morgan fingerprint density at radius 1 is 1.12 bits per heavy atom. The van der Waals surface area contributed by atoms with E-state index in [2.05, 4.69) is 10.6 Å². The molecular weight excluding hydrogens is 323 g/mol. The van der Waals surface area contributed by atoms with E-state index in [1.807, 2.05) is 0 Å². The zero-order valence-electron chi connectivity index (χ0n) is 13.5. The highest BCUT2D eigenvalue weighted by Crippen LogP contribution is 2.10. The summed E-state index contributed by atoms with van der Waals surface area (Å²) in [4.78, 5) is 23.7. The maximum Gasteiger partial charge on any atom is 0.251 e. The molecule has 0 saturated carbocycles. The molecule has 2 rings (SSSR count). The molecule has 0 radical (unpaired) electrons. The van der Waals surface area contributed by atoms with Gasteiger partial charge >= 0.3 is 0 Å². The molecule has 0 atom stereocenters. The van der Waals surface area contributed by atoms with Gasteiger partial charge in [0.15, 0.2) is 0 Å². The van der Waals surface area contributed by atoms with Crippen molar-refractivity contribution >= 4 is 23.6 Å². The highest BCUT2D eigenvalue weighted by atomic mass is 19.1. The first-order valence-electron chi connectivity index (χ1n) is 7.82. The lowest BCUT2D eigenvalue weighted by atomic mass is 10.2. The van der Waals surface area contributed by atoms with Gasteiger partial charge in [0.25, 0.3) is 5.91 Å². The van der Waals surface area contributed by atoms with Gasteiger partial charge in [-0.25, -0.2) is 4.39 Å². The second-order valence-corrected chi connectivity index (χ2v) is 5.29. The third-order valence-corrected chi connectivity index (χ3v) is 3.31. The molecule has 0 heterocycles. The molecular formula is C19H19FN2O3. The maximum atomic E-state index is 13.1. The molecule has 0 fully saturated rings. The van der Waals surface area contributed by atoms with Crippen molar-refractivity contribution in [2.45, 2.75) is 6.42 Å². The highest BCUT2D eigenvalue weighted by Gasteiger charge is 2.05. The van der Waals surface area contributed by atoms with Gasteiger partial charge < -0.3 is 15.7 Å². The number of hydrogen-bond acceptors (Lipinski definition) is 3. The lowest BCUT2D eigenvalue weighted by Gasteiger charge is -2.06. The predicted molar refractivity (Wildman–Crippen MR) is 94.5 cm³/mol. The van der Waals surface area contributed by atoms with Crippen molar-refractivity contribution in [3.8, 4) is 0 Å². The second-order valence-electron chi connectivity index (χ2n) is 5.29. The molecule has 2 aromatic carbocycles. The van der Waals surface area contributed by atoms with E-state index in [-0.39, 0.29) is 24.2 Å². The standard InChI is InChI=1S/C19H19FN2O3/c20-16-4-1-3-14(13-16)5-10-18(24)22-17-8-6-15(7-9-17)19(25)21-11-2-12-23/h1,3-10,13,23H,2,11-12H2,(H,21,25)(H,22,24)/b10-5+. The number of rotatable bonds is 7. The van der Waals surface area contributed by atoms with Crippen LogP contribution >= 0.6 is 0 Å². The van der Waals surface area contributed by atoms with Crippen molar-refractivity contribution in [1.29, 1.82) is 0 Å². The van der Waals surface area contributed by atoms with Crippen LogP contribution in [-0.2, 0) is 4.79 Å². The molecule has 0 bridgehead atoms. The number of carbonyl (C=O) groups excluding carboxylic acids is 2. The van der Waals surface area contributed by atoms with Crippen molar-refractivity contribution < 1.29 is 19.1 Å². The highest BCUT2D eigenvalue weighted by molar-refractivity contribution is 6.02. The largest absolute Gasteiger partial charge is 0.396 e. The van der Waals surface area contributed by atoms with Crippen molar-refractivity contribution in [3.63, 3.8) is 0 Å². The summed E-state index contributed by atoms with van der Waals surface area (Å²) < 4.78 is 13.1. The van der Waals surface area contributed by atoms with E-state index >= 15 is 0 Å². The topological polar surface area (TPSA) is 78.4 Å². The molecule has 0 aliphatic carbocycles. The first-order chi connectivity index (χ1) is 12.1. The van der Waals surface area contributed by atoms with Crippen LogP contribution in [0.2, 0.25) is 0 Å². The molecule has 0 unspecified atom stereocenters. The van der Waals surface area contributed by atoms with Gasteiger partial charge in [0.05, 0.1) is 0 Å². The van der Waals surface area contributed by atoms with Crippen LogP contribution in [0.15, 0.2) is 54.6 Å². The Balaban J connectivity index is 1.89. The number of nitrogens with one attached hydrogen (secondary N) is 2. The Labute approximate surface area is 145 Å². The minimum atomic E-state index is -0.365. The minimum Gasteiger partial charge on any atom is -0.396 e. The molecule has 0 aromatic heterocycles. The summed E-state index contributed by atoms with van der Waals surface area (Å²) in [6.07, 6.45) is 3.32. The predicted octanol–water partition coefficient (Wildman–Crippen LogP) is 2.59. The molecule has 0 spiro atoms. The van der Waals surface area contributed by atoms with Gasteiger partial charge in [-0.3, -0.25) is 9.59 Å². The number of benzene rings is 2. The van der Waals surface area contributed by atoms with Gasteiger partial charge in [-0.2, -0.15) is 0 Å². The monoisotopic (exact) mass is 342 g/mol. The molecule has 5 nitrogen and oxygen atoms in total. The number of aliphatic hydroxyl groups is 1. The van der Waals surface area contributed by atoms with Crippen LogP contribution in [0.1, 0.15) is 22.3 Å². The van der Waals surface area contributed by atoms with E-state index in [1.165, 1.54) is 24.3 Å². The van der Waals surface area contributed by atoms with Gasteiger partial charge in [0.1, 0.15) is 5.82 Å². The summed E-state index contributed by atoms with van der Waals surface area (Å²) in [7, 11) is 0. The molecule has 0 aliphatic heterocycles. The van der Waals surface area contributed by atoms with Crippen LogP contribution in [0, 0.1) is 5.82 Å². The fraction of sp³-hybridized carbons (Fsp3) is 0.158. The first-order valence-corrected chi connectivity index (χ1v) is 7.82. The normalized spacial score (nSPS) is 10.6. The van der Waals surface area contributed by atoms with Crippen molar-refractivity contribution in [2.75, 3.05) is 18.5 Å². The summed E-state index contributed by atoms with van der Waals surface area (Å²) in [5, 5.41) is 14.0. The Bertz CT molecular complexity index is 758. The van der Waals surface area contributed by atoms with Crippen LogP contribution in [0.25, 0.3) is 6.08 Å². The fourth-order valence-electron chi connectivity index (χ4n) is 2.05. The van der Waals surface area contributed by atoms with Crippen LogP contribution in [0.4, 0.5) is 10.1 Å². The second kappa shape index (κ2) is 9.34. The number of aliphatic hydroxyl groups excluding tert-OH is 1. The number of anilines is 1. The van der Waals surface area contributed by atoms with E-state index in [1.54, 1.807) is 36.4 Å². The Kier molecular flexibility index (Phi) is 6.86. The molecule has 3 N–H and O–H groups in total. The Morgan fingerprint density at radius 2 is 1.88 bits per heavy atom. The van der Waals surface area contributed by atoms with E-state index in [0.29, 0.717) is 29.8 Å². The zero-order valence-corrected chi connectivity index (χ0v) is 13.5. The van der Waals surface area contributed by atoms with E-state index in [9.17, 15) is 14.0 Å². The summed E-state index contributed by atoms with van der Waals surface area (Å²) in [5.41, 5.74) is 1.59. The molecule has 2 amide bonds. The molecule has 6 heteroatoms. The number of halogens is 1. The van der Waals surface area contributed by atoms with Gasteiger partial charge in [-0.15, -0.1) is 0 Å². The Morgan fingerprint density at radius 3 is 2.56 bits per heavy atom. The number of amides is 2. The van der Waals surface area contributed by atoms with Gasteiger partial charge in [-0.05, 0) is 54.5 Å². The van der Waals surface area contributed by atoms with Crippen LogP contribution in [-0.4, -0.2) is 30.1 Å². The van der Waals surface area contributed by atoms with Gasteiger partial charge in [0.2, 0.25) is 5.91 Å². The minimum absolute atomic E-state index is 0.0222. The maximum absolute atomic E-state index is 13.1. The average molecular weight is 342 g/mol. The molecule has 25 heavy (non-hydrogen) atoms. The quantitative estimate of drug-likeness (QED) is 0.535. The van der Waals surface area contributed by atoms with Crippen LogP contribution in [0.5, 0.6) is 0 Å². The number of carbonyl (C=O) groups is 2. The van der Waals surface area contributed by atoms with E-state index in [0.717, 1.165) is 0 Å². The molecule has 130 valence electrons. The van der Waals surface area contributed by atoms with Crippen molar-refractivity contribution in [3.05, 3.63) is 71.6 Å². The SMILES string of the molecule is O=C(/C=C/c1cccc(F)c1)Nc1ccc(C(=O)NCCCO)cc1. The summed E-state index contributed by atoms with van der Waals surface area (Å²) >= 11 is 0. The van der Waals surface area contributed by atoms with E-state index < -0.39 is 0 Å². The summed E-state index contributed by atoms with van der Waals surface area (Å²) in [5.74, 6) is -0.961. The summed E-state index contributed by atoms with van der Waals surface area (Å²) in [6, 6.07) is 12.4.